The molecule has 0 radical (unpaired) electrons. The zero-order valence-corrected chi connectivity index (χ0v) is 11.9. The van der Waals surface area contributed by atoms with Crippen molar-refractivity contribution >= 4 is 6.09 Å². The number of hydrogen-bond donors (Lipinski definition) is 2. The maximum Gasteiger partial charge on any atom is 0.409 e. The maximum absolute atomic E-state index is 11.6. The molecule has 0 saturated carbocycles. The van der Waals surface area contributed by atoms with Crippen molar-refractivity contribution in [3.63, 3.8) is 0 Å². The van der Waals surface area contributed by atoms with Crippen molar-refractivity contribution in [3.05, 3.63) is 0 Å². The molecular formula is C13H25N3O3. The first-order chi connectivity index (χ1) is 9.24. The van der Waals surface area contributed by atoms with Crippen LogP contribution in [0.25, 0.3) is 0 Å². The van der Waals surface area contributed by atoms with Crippen molar-refractivity contribution in [1.82, 2.24) is 15.5 Å². The Balaban J connectivity index is 1.73. The predicted octanol–water partition coefficient (Wildman–Crippen LogP) is 0.184. The van der Waals surface area contributed by atoms with E-state index in [0.717, 1.165) is 39.0 Å². The Morgan fingerprint density at radius 1 is 1.37 bits per heavy atom. The van der Waals surface area contributed by atoms with Gasteiger partial charge in [0.2, 0.25) is 0 Å². The first-order valence-electron chi connectivity index (χ1n) is 7.15. The van der Waals surface area contributed by atoms with Crippen LogP contribution in [0.1, 0.15) is 19.8 Å². The molecule has 6 nitrogen and oxygen atoms in total. The number of nitrogens with one attached hydrogen (secondary N) is 2. The summed E-state index contributed by atoms with van der Waals surface area (Å²) in [5.41, 5.74) is 0. The number of carbonyl (C=O) groups is 1. The van der Waals surface area contributed by atoms with Crippen molar-refractivity contribution < 1.29 is 14.3 Å². The Bertz CT molecular complexity index is 293. The van der Waals surface area contributed by atoms with Crippen molar-refractivity contribution in [3.8, 4) is 0 Å². The number of piperidine rings is 1. The van der Waals surface area contributed by atoms with E-state index in [1.165, 1.54) is 0 Å². The van der Waals surface area contributed by atoms with Gasteiger partial charge >= 0.3 is 6.09 Å². The molecular weight excluding hydrogens is 246 g/mol. The molecule has 0 aromatic heterocycles. The molecule has 0 aromatic carbocycles. The van der Waals surface area contributed by atoms with Crippen LogP contribution in [0.15, 0.2) is 0 Å². The number of amides is 1. The summed E-state index contributed by atoms with van der Waals surface area (Å²) < 4.78 is 10.5. The fraction of sp³-hybridized carbons (Fsp3) is 0.923. The first kappa shape index (κ1) is 14.6. The lowest BCUT2D eigenvalue weighted by molar-refractivity contribution is 0.0783. The highest BCUT2D eigenvalue weighted by molar-refractivity contribution is 5.67. The molecule has 0 unspecified atom stereocenters. The zero-order chi connectivity index (χ0) is 13.7. The van der Waals surface area contributed by atoms with Gasteiger partial charge in [0.15, 0.2) is 0 Å². The average molecular weight is 271 g/mol. The Labute approximate surface area is 114 Å². The third kappa shape index (κ3) is 3.81. The standard InChI is InChI=1S/C13H25N3O3/c1-3-19-13(17)16-6-4-10(5-7-16)15-11-8-14-9-12(11)18-2/h10-12,14-15H,3-9H2,1-2H3/t11-,12-/m0/s1. The van der Waals surface area contributed by atoms with Crippen molar-refractivity contribution in [1.29, 1.82) is 0 Å². The van der Waals surface area contributed by atoms with Crippen molar-refractivity contribution in [2.24, 2.45) is 0 Å². The Morgan fingerprint density at radius 2 is 2.11 bits per heavy atom. The van der Waals surface area contributed by atoms with E-state index in [2.05, 4.69) is 10.6 Å². The summed E-state index contributed by atoms with van der Waals surface area (Å²) in [6.07, 6.45) is 2.03. The van der Waals surface area contributed by atoms with Crippen LogP contribution in [-0.2, 0) is 9.47 Å². The Morgan fingerprint density at radius 3 is 2.74 bits per heavy atom. The molecule has 110 valence electrons. The van der Waals surface area contributed by atoms with Crippen LogP contribution in [0.2, 0.25) is 0 Å². The van der Waals surface area contributed by atoms with E-state index in [1.54, 1.807) is 12.0 Å². The van der Waals surface area contributed by atoms with Gasteiger partial charge in [-0.3, -0.25) is 0 Å². The van der Waals surface area contributed by atoms with Crippen LogP contribution in [0.4, 0.5) is 4.79 Å². The monoisotopic (exact) mass is 271 g/mol. The molecule has 2 N–H and O–H groups in total. The SMILES string of the molecule is CCOC(=O)N1CCC(N[C@H]2CNC[C@@H]2OC)CC1. The zero-order valence-electron chi connectivity index (χ0n) is 11.9. The van der Waals surface area contributed by atoms with Gasteiger partial charge in [-0.15, -0.1) is 0 Å². The summed E-state index contributed by atoms with van der Waals surface area (Å²) in [7, 11) is 1.76. The quantitative estimate of drug-likeness (QED) is 0.764. The van der Waals surface area contributed by atoms with Gasteiger partial charge in [-0.2, -0.15) is 0 Å². The molecule has 2 saturated heterocycles. The fourth-order valence-corrected chi connectivity index (χ4v) is 2.81. The molecule has 2 aliphatic heterocycles. The lowest BCUT2D eigenvalue weighted by atomic mass is 10.0. The molecule has 0 spiro atoms. The number of methoxy groups -OCH3 is 1. The van der Waals surface area contributed by atoms with E-state index >= 15 is 0 Å². The Hall–Kier alpha value is -0.850. The summed E-state index contributed by atoms with van der Waals surface area (Å²) >= 11 is 0. The summed E-state index contributed by atoms with van der Waals surface area (Å²) in [5, 5.41) is 6.98. The van der Waals surface area contributed by atoms with Gasteiger partial charge in [0.05, 0.1) is 12.7 Å². The molecule has 19 heavy (non-hydrogen) atoms. The maximum atomic E-state index is 11.6. The van der Waals surface area contributed by atoms with Gasteiger partial charge in [0.1, 0.15) is 0 Å². The fourth-order valence-electron chi connectivity index (χ4n) is 2.81. The summed E-state index contributed by atoms with van der Waals surface area (Å²) in [6, 6.07) is 0.845. The molecule has 1 amide bonds. The topological polar surface area (TPSA) is 62.8 Å². The largest absolute Gasteiger partial charge is 0.450 e. The van der Waals surface area contributed by atoms with Crippen LogP contribution in [0, 0.1) is 0 Å². The van der Waals surface area contributed by atoms with Gasteiger partial charge in [-0.25, -0.2) is 4.79 Å². The van der Waals surface area contributed by atoms with Gasteiger partial charge in [0, 0.05) is 45.4 Å². The van der Waals surface area contributed by atoms with E-state index in [9.17, 15) is 4.79 Å². The van der Waals surface area contributed by atoms with E-state index in [-0.39, 0.29) is 12.2 Å². The molecule has 6 heteroatoms. The average Bonchev–Trinajstić information content (AvgIpc) is 2.87. The van der Waals surface area contributed by atoms with Crippen LogP contribution in [-0.4, -0.2) is 69.1 Å². The minimum atomic E-state index is -0.182. The van der Waals surface area contributed by atoms with Gasteiger partial charge in [0.25, 0.3) is 0 Å². The number of likely N-dealkylation sites (tertiary alicyclic amines) is 1. The second-order valence-corrected chi connectivity index (χ2v) is 5.17. The molecule has 2 rings (SSSR count). The normalized spacial score (nSPS) is 28.6. The van der Waals surface area contributed by atoms with Crippen LogP contribution in [0.5, 0.6) is 0 Å². The predicted molar refractivity (Wildman–Crippen MR) is 72.2 cm³/mol. The minimum absolute atomic E-state index is 0.182. The van der Waals surface area contributed by atoms with Crippen LogP contribution < -0.4 is 10.6 Å². The van der Waals surface area contributed by atoms with Crippen LogP contribution >= 0.6 is 0 Å². The van der Waals surface area contributed by atoms with E-state index < -0.39 is 0 Å². The molecule has 0 aliphatic carbocycles. The highest BCUT2D eigenvalue weighted by atomic mass is 16.6. The van der Waals surface area contributed by atoms with E-state index in [0.29, 0.717) is 18.7 Å². The van der Waals surface area contributed by atoms with Gasteiger partial charge in [-0.1, -0.05) is 0 Å². The molecule has 2 atom stereocenters. The molecule has 0 aromatic rings. The first-order valence-corrected chi connectivity index (χ1v) is 7.15. The van der Waals surface area contributed by atoms with Gasteiger partial charge < -0.3 is 25.0 Å². The minimum Gasteiger partial charge on any atom is -0.450 e. The lowest BCUT2D eigenvalue weighted by Gasteiger charge is -2.34. The third-order valence-electron chi connectivity index (χ3n) is 3.93. The summed E-state index contributed by atoms with van der Waals surface area (Å²) in [4.78, 5) is 13.4. The number of ether oxygens (including phenoxy) is 2. The van der Waals surface area contributed by atoms with Crippen LogP contribution in [0.3, 0.4) is 0 Å². The molecule has 2 heterocycles. The highest BCUT2D eigenvalue weighted by Gasteiger charge is 2.31. The number of rotatable bonds is 4. The second kappa shape index (κ2) is 7.07. The Kier molecular flexibility index (Phi) is 5.42. The smallest absolute Gasteiger partial charge is 0.409 e. The highest BCUT2D eigenvalue weighted by Crippen LogP contribution is 2.14. The lowest BCUT2D eigenvalue weighted by Crippen LogP contribution is -2.51. The molecule has 2 aliphatic rings. The van der Waals surface area contributed by atoms with E-state index in [4.69, 9.17) is 9.47 Å². The number of carbonyl (C=O) groups excluding carboxylic acids is 1. The van der Waals surface area contributed by atoms with Crippen molar-refractivity contribution in [2.45, 2.75) is 38.0 Å². The second-order valence-electron chi connectivity index (χ2n) is 5.17. The summed E-state index contributed by atoms with van der Waals surface area (Å²) in [6.45, 7) is 5.69. The number of nitrogens with zero attached hydrogens (tertiary/aromatic N) is 1. The summed E-state index contributed by atoms with van der Waals surface area (Å²) in [5.74, 6) is 0. The molecule has 2 fully saturated rings. The van der Waals surface area contributed by atoms with E-state index in [1.807, 2.05) is 6.92 Å². The number of hydrogen-bond acceptors (Lipinski definition) is 5. The van der Waals surface area contributed by atoms with Crippen molar-refractivity contribution in [2.75, 3.05) is 39.9 Å². The molecule has 0 bridgehead atoms. The third-order valence-corrected chi connectivity index (χ3v) is 3.93. The van der Waals surface area contributed by atoms with Gasteiger partial charge in [-0.05, 0) is 19.8 Å².